The van der Waals surface area contributed by atoms with Crippen LogP contribution in [0.15, 0.2) is 42.5 Å². The van der Waals surface area contributed by atoms with Gasteiger partial charge in [0, 0.05) is 31.1 Å². The summed E-state index contributed by atoms with van der Waals surface area (Å²) in [6.07, 6.45) is 0. The first-order chi connectivity index (χ1) is 12.7. The summed E-state index contributed by atoms with van der Waals surface area (Å²) in [5, 5.41) is 14.1. The third kappa shape index (κ3) is 2.39. The highest BCUT2D eigenvalue weighted by atomic mass is 19.1. The summed E-state index contributed by atoms with van der Waals surface area (Å²) in [6, 6.07) is 11.8. The van der Waals surface area contributed by atoms with Crippen molar-refractivity contribution in [1.82, 2.24) is 25.6 Å². The summed E-state index contributed by atoms with van der Waals surface area (Å²) in [7, 11) is 0. The van der Waals surface area contributed by atoms with Crippen molar-refractivity contribution in [3.63, 3.8) is 0 Å². The fourth-order valence-electron chi connectivity index (χ4n) is 4.39. The molecule has 3 heterocycles. The van der Waals surface area contributed by atoms with Crippen molar-refractivity contribution in [2.45, 2.75) is 6.04 Å². The van der Waals surface area contributed by atoms with Crippen LogP contribution in [0.5, 0.6) is 0 Å². The predicted octanol–water partition coefficient (Wildman–Crippen LogP) is 2.13. The molecule has 5 rings (SSSR count). The van der Waals surface area contributed by atoms with E-state index in [1.165, 1.54) is 6.07 Å². The zero-order valence-electron chi connectivity index (χ0n) is 14.0. The first-order valence-corrected chi connectivity index (χ1v) is 8.78. The molecule has 2 aromatic carbocycles. The molecule has 2 saturated heterocycles. The maximum atomic E-state index is 13.8. The second kappa shape index (κ2) is 5.88. The zero-order chi connectivity index (χ0) is 17.7. The molecule has 0 radical (unpaired) electrons. The van der Waals surface area contributed by atoms with Gasteiger partial charge < -0.3 is 10.2 Å². The number of fused-ring (bicyclic) bond motifs is 2. The van der Waals surface area contributed by atoms with Gasteiger partial charge in [-0.15, -0.1) is 0 Å². The number of hydrogen-bond acceptors (Lipinski definition) is 4. The Hall–Kier alpha value is -2.80. The predicted molar refractivity (Wildman–Crippen MR) is 93.9 cm³/mol. The zero-order valence-corrected chi connectivity index (χ0v) is 14.0. The summed E-state index contributed by atoms with van der Waals surface area (Å²) in [5.74, 6) is 0.381. The molecule has 2 N–H and O–H groups in total. The van der Waals surface area contributed by atoms with E-state index in [2.05, 4.69) is 20.7 Å². The minimum atomic E-state index is -0.270. The number of nitrogens with one attached hydrogen (secondary N) is 2. The van der Waals surface area contributed by atoms with Gasteiger partial charge >= 0.3 is 0 Å². The molecule has 0 bridgehead atoms. The molecule has 6 nitrogen and oxygen atoms in total. The highest BCUT2D eigenvalue weighted by Gasteiger charge is 2.46. The third-order valence-electron chi connectivity index (χ3n) is 5.58. The molecule has 0 saturated carbocycles. The van der Waals surface area contributed by atoms with Crippen LogP contribution in [0.3, 0.4) is 0 Å². The van der Waals surface area contributed by atoms with E-state index in [9.17, 15) is 9.18 Å². The summed E-state index contributed by atoms with van der Waals surface area (Å²) >= 11 is 0. The molecular weight excluding hydrogens is 333 g/mol. The number of hydrogen-bond donors (Lipinski definition) is 2. The monoisotopic (exact) mass is 351 g/mol. The van der Waals surface area contributed by atoms with Gasteiger partial charge in [0.15, 0.2) is 0 Å². The largest absolute Gasteiger partial charge is 0.331 e. The Balaban J connectivity index is 1.54. The number of benzene rings is 2. The smallest absolute Gasteiger partial charge is 0.254 e. The Bertz CT molecular complexity index is 987. The highest BCUT2D eigenvalue weighted by Crippen LogP contribution is 2.43. The topological polar surface area (TPSA) is 73.9 Å². The summed E-state index contributed by atoms with van der Waals surface area (Å²) in [4.78, 5) is 15.2. The van der Waals surface area contributed by atoms with Gasteiger partial charge in [0.1, 0.15) is 16.9 Å². The number of aromatic nitrogens is 3. The number of H-pyrrole nitrogens is 1. The van der Waals surface area contributed by atoms with Gasteiger partial charge in [-0.25, -0.2) is 4.39 Å². The first-order valence-electron chi connectivity index (χ1n) is 8.78. The van der Waals surface area contributed by atoms with Crippen molar-refractivity contribution in [1.29, 1.82) is 0 Å². The van der Waals surface area contributed by atoms with E-state index in [-0.39, 0.29) is 17.8 Å². The molecular formula is C19H18FN5O. The summed E-state index contributed by atoms with van der Waals surface area (Å²) in [6.45, 7) is 2.41. The van der Waals surface area contributed by atoms with Crippen LogP contribution in [0.25, 0.3) is 11.0 Å². The third-order valence-corrected chi connectivity index (χ3v) is 5.58. The Morgan fingerprint density at radius 3 is 2.88 bits per heavy atom. The SMILES string of the molecule is O=C(c1ccc2n[nH]nc2c1)N1C[C@@H]2CNC[C@@H]2[C@H]1c1cccc(F)c1. The van der Waals surface area contributed by atoms with Crippen molar-refractivity contribution in [2.24, 2.45) is 11.8 Å². The molecule has 0 spiro atoms. The highest BCUT2D eigenvalue weighted by molar-refractivity contribution is 5.97. The molecule has 2 aliphatic heterocycles. The molecule has 0 unspecified atom stereocenters. The maximum absolute atomic E-state index is 13.8. The molecule has 7 heteroatoms. The van der Waals surface area contributed by atoms with Crippen molar-refractivity contribution in [3.05, 3.63) is 59.4 Å². The molecule has 3 atom stereocenters. The lowest BCUT2D eigenvalue weighted by atomic mass is 9.89. The van der Waals surface area contributed by atoms with E-state index in [1.807, 2.05) is 11.0 Å². The molecule has 132 valence electrons. The lowest BCUT2D eigenvalue weighted by Gasteiger charge is -2.28. The van der Waals surface area contributed by atoms with E-state index in [1.54, 1.807) is 30.3 Å². The Morgan fingerprint density at radius 1 is 1.12 bits per heavy atom. The van der Waals surface area contributed by atoms with E-state index in [4.69, 9.17) is 0 Å². The van der Waals surface area contributed by atoms with Crippen LogP contribution in [-0.4, -0.2) is 45.9 Å². The van der Waals surface area contributed by atoms with Crippen LogP contribution in [0.2, 0.25) is 0 Å². The molecule has 1 amide bonds. The van der Waals surface area contributed by atoms with Gasteiger partial charge in [0.05, 0.1) is 6.04 Å². The molecule has 26 heavy (non-hydrogen) atoms. The minimum absolute atomic E-state index is 0.0430. The fraction of sp³-hybridized carbons (Fsp3) is 0.316. The average Bonchev–Trinajstić information content (AvgIpc) is 3.35. The van der Waals surface area contributed by atoms with Gasteiger partial charge in [0.25, 0.3) is 5.91 Å². The normalized spacial score (nSPS) is 25.0. The van der Waals surface area contributed by atoms with Crippen LogP contribution >= 0.6 is 0 Å². The van der Waals surface area contributed by atoms with Crippen molar-refractivity contribution < 1.29 is 9.18 Å². The minimum Gasteiger partial charge on any atom is -0.331 e. The van der Waals surface area contributed by atoms with E-state index < -0.39 is 0 Å². The Labute approximate surface area is 149 Å². The van der Waals surface area contributed by atoms with Crippen LogP contribution in [0.4, 0.5) is 4.39 Å². The molecule has 3 aromatic rings. The maximum Gasteiger partial charge on any atom is 0.254 e. The summed E-state index contributed by atoms with van der Waals surface area (Å²) < 4.78 is 13.8. The van der Waals surface area contributed by atoms with Crippen molar-refractivity contribution in [2.75, 3.05) is 19.6 Å². The number of aromatic amines is 1. The van der Waals surface area contributed by atoms with E-state index in [0.717, 1.165) is 24.2 Å². The van der Waals surface area contributed by atoms with Gasteiger partial charge in [-0.1, -0.05) is 12.1 Å². The lowest BCUT2D eigenvalue weighted by molar-refractivity contribution is 0.0714. The number of rotatable bonds is 2. The molecule has 0 aliphatic carbocycles. The van der Waals surface area contributed by atoms with Crippen LogP contribution in [0, 0.1) is 17.7 Å². The van der Waals surface area contributed by atoms with E-state index >= 15 is 0 Å². The summed E-state index contributed by atoms with van der Waals surface area (Å²) in [5.41, 5.74) is 2.84. The first kappa shape index (κ1) is 15.5. The molecule has 2 fully saturated rings. The number of halogens is 1. The number of amides is 1. The average molecular weight is 351 g/mol. The second-order valence-corrected chi connectivity index (χ2v) is 7.07. The van der Waals surface area contributed by atoms with Crippen molar-refractivity contribution >= 4 is 16.9 Å². The van der Waals surface area contributed by atoms with Gasteiger partial charge in [-0.05, 0) is 41.8 Å². The van der Waals surface area contributed by atoms with Gasteiger partial charge in [-0.3, -0.25) is 4.79 Å². The quantitative estimate of drug-likeness (QED) is 0.742. The Kier molecular flexibility index (Phi) is 3.49. The standard InChI is InChI=1S/C19H18FN5O/c20-14-3-1-2-11(6-14)18-15-9-21-8-13(15)10-25(18)19(26)12-4-5-16-17(7-12)23-24-22-16/h1-7,13,15,18,21H,8-10H2,(H,22,23,24)/t13-,15-,18+/m0/s1. The van der Waals surface area contributed by atoms with Gasteiger partial charge in [0.2, 0.25) is 0 Å². The number of carbonyl (C=O) groups excluding carboxylic acids is 1. The molecule has 1 aromatic heterocycles. The Morgan fingerprint density at radius 2 is 2.00 bits per heavy atom. The number of carbonyl (C=O) groups is 1. The van der Waals surface area contributed by atoms with E-state index in [0.29, 0.717) is 29.5 Å². The molecule has 2 aliphatic rings. The fourth-order valence-corrected chi connectivity index (χ4v) is 4.39. The number of nitrogens with zero attached hydrogens (tertiary/aromatic N) is 3. The van der Waals surface area contributed by atoms with Gasteiger partial charge in [-0.2, -0.15) is 15.4 Å². The van der Waals surface area contributed by atoms with Crippen LogP contribution < -0.4 is 5.32 Å². The second-order valence-electron chi connectivity index (χ2n) is 7.07. The van der Waals surface area contributed by atoms with Crippen LogP contribution in [0.1, 0.15) is 22.0 Å². The lowest BCUT2D eigenvalue weighted by Crippen LogP contribution is -2.34. The van der Waals surface area contributed by atoms with Crippen molar-refractivity contribution in [3.8, 4) is 0 Å². The van der Waals surface area contributed by atoms with Crippen LogP contribution in [-0.2, 0) is 0 Å². The number of likely N-dealkylation sites (tertiary alicyclic amines) is 1.